The van der Waals surface area contributed by atoms with Crippen LogP contribution >= 0.6 is 24.0 Å². The van der Waals surface area contributed by atoms with E-state index in [1.807, 2.05) is 0 Å². The van der Waals surface area contributed by atoms with Crippen LogP contribution in [-0.2, 0) is 4.79 Å². The molecule has 2 aliphatic rings. The van der Waals surface area contributed by atoms with Crippen LogP contribution in [0.2, 0.25) is 0 Å². The Morgan fingerprint density at radius 1 is 1.16 bits per heavy atom. The van der Waals surface area contributed by atoms with Gasteiger partial charge in [-0.05, 0) is 31.6 Å². The molecule has 2 fully saturated rings. The molecular formula is C19H37IN4O. The summed E-state index contributed by atoms with van der Waals surface area (Å²) in [5.74, 6) is 1.54. The third-order valence-corrected chi connectivity index (χ3v) is 4.85. The second-order valence-electron chi connectivity index (χ2n) is 8.50. The zero-order chi connectivity index (χ0) is 17.6. The summed E-state index contributed by atoms with van der Waals surface area (Å²) in [6, 6.07) is 0.315. The Balaban J connectivity index is 0.00000312. The summed E-state index contributed by atoms with van der Waals surface area (Å²) in [5, 5.41) is 6.85. The lowest BCUT2D eigenvalue weighted by Gasteiger charge is -2.26. The number of amides is 1. The summed E-state index contributed by atoms with van der Waals surface area (Å²) >= 11 is 0. The average Bonchev–Trinajstić information content (AvgIpc) is 3.01. The van der Waals surface area contributed by atoms with Crippen molar-refractivity contribution < 1.29 is 4.79 Å². The number of carbonyl (C=O) groups excluding carboxylic acids is 1. The van der Waals surface area contributed by atoms with Crippen molar-refractivity contribution >= 4 is 35.8 Å². The molecule has 0 aromatic rings. The lowest BCUT2D eigenvalue weighted by atomic mass is 9.88. The van der Waals surface area contributed by atoms with E-state index in [2.05, 4.69) is 43.2 Å². The van der Waals surface area contributed by atoms with E-state index in [4.69, 9.17) is 4.99 Å². The molecule has 0 bridgehead atoms. The largest absolute Gasteiger partial charge is 0.357 e. The molecule has 2 N–H and O–H groups in total. The molecule has 1 atom stereocenters. The van der Waals surface area contributed by atoms with Crippen molar-refractivity contribution in [2.24, 2.45) is 16.3 Å². The van der Waals surface area contributed by atoms with Crippen LogP contribution in [0.15, 0.2) is 4.99 Å². The average molecular weight is 464 g/mol. The van der Waals surface area contributed by atoms with E-state index in [0.29, 0.717) is 11.9 Å². The van der Waals surface area contributed by atoms with Gasteiger partial charge in [0.25, 0.3) is 0 Å². The molecule has 0 radical (unpaired) electrons. The molecule has 2 rings (SSSR count). The Bertz CT molecular complexity index is 441. The Kier molecular flexibility index (Phi) is 9.52. The van der Waals surface area contributed by atoms with Gasteiger partial charge < -0.3 is 15.5 Å². The summed E-state index contributed by atoms with van der Waals surface area (Å²) < 4.78 is 0. The molecule has 1 amide bonds. The lowest BCUT2D eigenvalue weighted by Crippen LogP contribution is -2.46. The van der Waals surface area contributed by atoms with Gasteiger partial charge in [-0.2, -0.15) is 0 Å². The van der Waals surface area contributed by atoms with Crippen LogP contribution in [0.25, 0.3) is 0 Å². The summed E-state index contributed by atoms with van der Waals surface area (Å²) in [7, 11) is 0. The normalized spacial score (nSPS) is 22.5. The minimum Gasteiger partial charge on any atom is -0.357 e. The summed E-state index contributed by atoms with van der Waals surface area (Å²) in [6.45, 7) is 12.0. The van der Waals surface area contributed by atoms with Gasteiger partial charge in [0.1, 0.15) is 0 Å². The molecule has 1 heterocycles. The first-order valence-corrected chi connectivity index (χ1v) is 9.72. The predicted molar refractivity (Wildman–Crippen MR) is 116 cm³/mol. The van der Waals surface area contributed by atoms with Crippen LogP contribution in [-0.4, -0.2) is 49.0 Å². The summed E-state index contributed by atoms with van der Waals surface area (Å²) in [6.07, 6.45) is 6.92. The van der Waals surface area contributed by atoms with Crippen molar-refractivity contribution in [1.29, 1.82) is 0 Å². The Morgan fingerprint density at radius 3 is 2.44 bits per heavy atom. The Labute approximate surface area is 170 Å². The number of aliphatic imine (C=N–C) groups is 1. The van der Waals surface area contributed by atoms with E-state index in [1.165, 1.54) is 19.3 Å². The second kappa shape index (κ2) is 10.6. The maximum absolute atomic E-state index is 12.7. The fourth-order valence-corrected chi connectivity index (χ4v) is 3.52. The molecule has 25 heavy (non-hydrogen) atoms. The minimum atomic E-state index is 0. The van der Waals surface area contributed by atoms with Gasteiger partial charge in [-0.15, -0.1) is 24.0 Å². The number of guanidine groups is 1. The van der Waals surface area contributed by atoms with Gasteiger partial charge in [0.05, 0.1) is 0 Å². The highest BCUT2D eigenvalue weighted by molar-refractivity contribution is 14.0. The molecule has 1 saturated carbocycles. The van der Waals surface area contributed by atoms with Gasteiger partial charge >= 0.3 is 0 Å². The van der Waals surface area contributed by atoms with E-state index < -0.39 is 0 Å². The number of nitrogens with zero attached hydrogens (tertiary/aromatic N) is 2. The number of nitrogens with one attached hydrogen (secondary N) is 2. The Morgan fingerprint density at radius 2 is 1.84 bits per heavy atom. The molecule has 0 aromatic carbocycles. The number of hydrogen-bond donors (Lipinski definition) is 2. The first-order chi connectivity index (χ1) is 11.4. The topological polar surface area (TPSA) is 56.7 Å². The van der Waals surface area contributed by atoms with Crippen LogP contribution in [0.5, 0.6) is 0 Å². The highest BCUT2D eigenvalue weighted by Crippen LogP contribution is 2.26. The molecule has 1 saturated heterocycles. The van der Waals surface area contributed by atoms with Gasteiger partial charge in [0.2, 0.25) is 5.91 Å². The maximum atomic E-state index is 12.7. The van der Waals surface area contributed by atoms with Crippen LogP contribution in [0.1, 0.15) is 66.2 Å². The molecule has 5 nitrogen and oxygen atoms in total. The standard InChI is InChI=1S/C19H36N4O.HI/c1-5-20-18(21-14-19(2,3)4)22-16-11-12-23(13-16)17(24)15-9-7-6-8-10-15;/h15-16H,5-14H2,1-4H3,(H2,20,21,22);1H. The predicted octanol–water partition coefficient (Wildman–Crippen LogP) is 3.39. The maximum Gasteiger partial charge on any atom is 0.225 e. The molecule has 1 aliphatic heterocycles. The van der Waals surface area contributed by atoms with Crippen LogP contribution in [0.3, 0.4) is 0 Å². The molecule has 0 spiro atoms. The Hall–Kier alpha value is -0.530. The van der Waals surface area contributed by atoms with E-state index >= 15 is 0 Å². The van der Waals surface area contributed by atoms with Crippen molar-refractivity contribution in [3.63, 3.8) is 0 Å². The summed E-state index contributed by atoms with van der Waals surface area (Å²) in [5.41, 5.74) is 0.182. The number of halogens is 1. The van der Waals surface area contributed by atoms with E-state index in [9.17, 15) is 4.79 Å². The van der Waals surface area contributed by atoms with Crippen molar-refractivity contribution in [2.75, 3.05) is 26.2 Å². The monoisotopic (exact) mass is 464 g/mol. The second-order valence-corrected chi connectivity index (χ2v) is 8.50. The first kappa shape index (κ1) is 22.5. The number of likely N-dealkylation sites (tertiary alicyclic amines) is 1. The molecule has 6 heteroatoms. The van der Waals surface area contributed by atoms with Crippen LogP contribution in [0.4, 0.5) is 0 Å². The quantitative estimate of drug-likeness (QED) is 0.381. The smallest absolute Gasteiger partial charge is 0.225 e. The van der Waals surface area contributed by atoms with Crippen molar-refractivity contribution in [3.05, 3.63) is 0 Å². The first-order valence-electron chi connectivity index (χ1n) is 9.72. The highest BCUT2D eigenvalue weighted by Gasteiger charge is 2.31. The lowest BCUT2D eigenvalue weighted by molar-refractivity contribution is -0.135. The fourth-order valence-electron chi connectivity index (χ4n) is 3.52. The molecule has 1 unspecified atom stereocenters. The third-order valence-electron chi connectivity index (χ3n) is 4.85. The van der Waals surface area contributed by atoms with Gasteiger partial charge in [-0.3, -0.25) is 9.79 Å². The van der Waals surface area contributed by atoms with E-state index in [1.54, 1.807) is 0 Å². The number of rotatable bonds is 4. The van der Waals surface area contributed by atoms with Crippen LogP contribution in [0, 0.1) is 11.3 Å². The van der Waals surface area contributed by atoms with E-state index in [-0.39, 0.29) is 35.3 Å². The van der Waals surface area contributed by atoms with Gasteiger partial charge in [0, 0.05) is 38.1 Å². The number of carbonyl (C=O) groups is 1. The molecule has 1 aliphatic carbocycles. The highest BCUT2D eigenvalue weighted by atomic mass is 127. The zero-order valence-corrected chi connectivity index (χ0v) is 18.8. The molecular weight excluding hydrogens is 427 g/mol. The van der Waals surface area contributed by atoms with Crippen LogP contribution < -0.4 is 10.6 Å². The van der Waals surface area contributed by atoms with Gasteiger partial charge in [0.15, 0.2) is 5.96 Å². The van der Waals surface area contributed by atoms with Gasteiger partial charge in [-0.1, -0.05) is 40.0 Å². The minimum absolute atomic E-state index is 0. The molecule has 0 aromatic heterocycles. The van der Waals surface area contributed by atoms with Crippen molar-refractivity contribution in [1.82, 2.24) is 15.5 Å². The molecule has 146 valence electrons. The fraction of sp³-hybridized carbons (Fsp3) is 0.895. The van der Waals surface area contributed by atoms with E-state index in [0.717, 1.165) is 51.4 Å². The van der Waals surface area contributed by atoms with Crippen molar-refractivity contribution in [3.8, 4) is 0 Å². The van der Waals surface area contributed by atoms with Crippen molar-refractivity contribution in [2.45, 2.75) is 72.3 Å². The summed E-state index contributed by atoms with van der Waals surface area (Å²) in [4.78, 5) is 19.4. The zero-order valence-electron chi connectivity index (χ0n) is 16.4. The third kappa shape index (κ3) is 7.71. The number of hydrogen-bond acceptors (Lipinski definition) is 2. The SMILES string of the molecule is CCNC(=NCC(C)(C)C)NC1CCN(C(=O)C2CCCCC2)C1.I. The van der Waals surface area contributed by atoms with Gasteiger partial charge in [-0.25, -0.2) is 0 Å².